The second-order valence-corrected chi connectivity index (χ2v) is 4.58. The van der Waals surface area contributed by atoms with Gasteiger partial charge in [-0.15, -0.1) is 5.10 Å². The van der Waals surface area contributed by atoms with Crippen molar-refractivity contribution < 1.29 is 9.47 Å². The first-order valence-electron chi connectivity index (χ1n) is 6.57. The van der Waals surface area contributed by atoms with Crippen molar-refractivity contribution in [2.75, 3.05) is 26.9 Å². The summed E-state index contributed by atoms with van der Waals surface area (Å²) in [5.74, 6) is 0. The highest BCUT2D eigenvalue weighted by atomic mass is 16.5. The maximum Gasteiger partial charge on any atom is 0.0872 e. The van der Waals surface area contributed by atoms with Crippen LogP contribution in [0.4, 0.5) is 0 Å². The third-order valence-electron chi connectivity index (χ3n) is 3.24. The second kappa shape index (κ2) is 6.82. The highest BCUT2D eigenvalue weighted by Gasteiger charge is 2.19. The number of hydrogen-bond donors (Lipinski definition) is 1. The van der Waals surface area contributed by atoms with E-state index < -0.39 is 0 Å². The average molecular weight is 254 g/mol. The summed E-state index contributed by atoms with van der Waals surface area (Å²) in [6.45, 7) is 2.92. The van der Waals surface area contributed by atoms with Crippen molar-refractivity contribution in [1.82, 2.24) is 15.0 Å². The summed E-state index contributed by atoms with van der Waals surface area (Å²) in [7, 11) is 1.71. The van der Waals surface area contributed by atoms with Gasteiger partial charge in [-0.25, -0.2) is 4.68 Å². The molecule has 0 aromatic carbocycles. The standard InChI is InChI=1S/C12H22N4O2/c1-17-8-5-12-11(4-6-13)14-15-16(12)9-10-3-2-7-18-10/h10H,2-9,13H2,1H3. The molecule has 0 amide bonds. The van der Waals surface area contributed by atoms with E-state index in [1.807, 2.05) is 4.68 Å². The third-order valence-corrected chi connectivity index (χ3v) is 3.24. The molecule has 1 unspecified atom stereocenters. The molecule has 0 aliphatic carbocycles. The molecule has 6 heteroatoms. The van der Waals surface area contributed by atoms with Crippen LogP contribution in [0.5, 0.6) is 0 Å². The highest BCUT2D eigenvalue weighted by Crippen LogP contribution is 2.16. The van der Waals surface area contributed by atoms with Crippen molar-refractivity contribution in [1.29, 1.82) is 0 Å². The molecule has 0 spiro atoms. The van der Waals surface area contributed by atoms with E-state index in [2.05, 4.69) is 10.3 Å². The molecule has 0 radical (unpaired) electrons. The summed E-state index contributed by atoms with van der Waals surface area (Å²) in [4.78, 5) is 0. The largest absolute Gasteiger partial charge is 0.384 e. The number of ether oxygens (including phenoxy) is 2. The molecule has 102 valence electrons. The Balaban J connectivity index is 2.06. The Bertz CT molecular complexity index is 361. The van der Waals surface area contributed by atoms with Crippen LogP contribution in [-0.4, -0.2) is 48.0 Å². The van der Waals surface area contributed by atoms with Gasteiger partial charge in [0.25, 0.3) is 0 Å². The van der Waals surface area contributed by atoms with Crippen molar-refractivity contribution in [3.8, 4) is 0 Å². The SMILES string of the molecule is COCCc1c(CCN)nnn1CC1CCCO1. The van der Waals surface area contributed by atoms with Crippen molar-refractivity contribution in [2.45, 2.75) is 38.3 Å². The van der Waals surface area contributed by atoms with Gasteiger partial charge < -0.3 is 15.2 Å². The molecule has 1 saturated heterocycles. The summed E-state index contributed by atoms with van der Waals surface area (Å²) >= 11 is 0. The minimum Gasteiger partial charge on any atom is -0.384 e. The van der Waals surface area contributed by atoms with Crippen LogP contribution in [0, 0.1) is 0 Å². The molecule has 1 fully saturated rings. The van der Waals surface area contributed by atoms with Crippen LogP contribution in [-0.2, 0) is 28.9 Å². The first-order chi connectivity index (χ1) is 8.85. The van der Waals surface area contributed by atoms with Crippen LogP contribution in [0.25, 0.3) is 0 Å². The summed E-state index contributed by atoms with van der Waals surface area (Å²) < 4.78 is 12.7. The first-order valence-corrected chi connectivity index (χ1v) is 6.57. The third kappa shape index (κ3) is 3.28. The molecule has 2 rings (SSSR count). The van der Waals surface area contributed by atoms with E-state index in [0.717, 1.165) is 50.2 Å². The Labute approximate surface area is 107 Å². The normalized spacial score (nSPS) is 19.6. The van der Waals surface area contributed by atoms with Gasteiger partial charge in [0.1, 0.15) is 0 Å². The van der Waals surface area contributed by atoms with E-state index in [1.165, 1.54) is 0 Å². The van der Waals surface area contributed by atoms with Crippen LogP contribution in [0.1, 0.15) is 24.2 Å². The van der Waals surface area contributed by atoms with Gasteiger partial charge in [0.15, 0.2) is 0 Å². The fourth-order valence-electron chi connectivity index (χ4n) is 2.30. The molecule has 0 saturated carbocycles. The molecule has 0 bridgehead atoms. The van der Waals surface area contributed by atoms with E-state index in [0.29, 0.717) is 13.2 Å². The minimum atomic E-state index is 0.277. The molecule has 1 aliphatic heterocycles. The number of methoxy groups -OCH3 is 1. The Kier molecular flexibility index (Phi) is 5.10. The highest BCUT2D eigenvalue weighted by molar-refractivity contribution is 5.11. The molecule has 2 N–H and O–H groups in total. The zero-order chi connectivity index (χ0) is 12.8. The van der Waals surface area contributed by atoms with E-state index >= 15 is 0 Å². The van der Waals surface area contributed by atoms with Crippen molar-refractivity contribution in [2.24, 2.45) is 5.73 Å². The van der Waals surface area contributed by atoms with Gasteiger partial charge in [0.2, 0.25) is 0 Å². The summed E-state index contributed by atoms with van der Waals surface area (Å²) in [6.07, 6.45) is 4.12. The van der Waals surface area contributed by atoms with E-state index in [9.17, 15) is 0 Å². The van der Waals surface area contributed by atoms with Crippen LogP contribution in [0.15, 0.2) is 0 Å². The predicted octanol–water partition coefficient (Wildman–Crippen LogP) is 0.147. The van der Waals surface area contributed by atoms with Gasteiger partial charge in [0, 0.05) is 26.6 Å². The fraction of sp³-hybridized carbons (Fsp3) is 0.833. The first kappa shape index (κ1) is 13.5. The molecule has 18 heavy (non-hydrogen) atoms. The summed E-state index contributed by atoms with van der Waals surface area (Å²) in [6, 6.07) is 0. The zero-order valence-electron chi connectivity index (χ0n) is 11.0. The molecular formula is C12H22N4O2. The Morgan fingerprint density at radius 2 is 2.39 bits per heavy atom. The smallest absolute Gasteiger partial charge is 0.0872 e. The van der Waals surface area contributed by atoms with Crippen molar-refractivity contribution in [3.05, 3.63) is 11.4 Å². The lowest BCUT2D eigenvalue weighted by Gasteiger charge is -2.12. The Hall–Kier alpha value is -0.980. The quantitative estimate of drug-likeness (QED) is 0.749. The van der Waals surface area contributed by atoms with Crippen LogP contribution < -0.4 is 5.73 Å². The Morgan fingerprint density at radius 3 is 3.06 bits per heavy atom. The lowest BCUT2D eigenvalue weighted by atomic mass is 10.2. The fourth-order valence-corrected chi connectivity index (χ4v) is 2.30. The number of aromatic nitrogens is 3. The average Bonchev–Trinajstić information content (AvgIpc) is 2.99. The number of rotatable bonds is 7. The summed E-state index contributed by atoms with van der Waals surface area (Å²) in [5, 5.41) is 8.45. The van der Waals surface area contributed by atoms with Crippen LogP contribution in [0.2, 0.25) is 0 Å². The van der Waals surface area contributed by atoms with Gasteiger partial charge >= 0.3 is 0 Å². The van der Waals surface area contributed by atoms with Crippen molar-refractivity contribution >= 4 is 0 Å². The van der Waals surface area contributed by atoms with E-state index in [4.69, 9.17) is 15.2 Å². The maximum absolute atomic E-state index is 5.64. The summed E-state index contributed by atoms with van der Waals surface area (Å²) in [5.41, 5.74) is 7.73. The van der Waals surface area contributed by atoms with E-state index in [1.54, 1.807) is 7.11 Å². The molecule has 2 heterocycles. The molecule has 1 aromatic rings. The lowest BCUT2D eigenvalue weighted by Crippen LogP contribution is -2.19. The number of hydrogen-bond acceptors (Lipinski definition) is 5. The number of nitrogens with zero attached hydrogens (tertiary/aromatic N) is 3. The lowest BCUT2D eigenvalue weighted by molar-refractivity contribution is 0.0922. The van der Waals surface area contributed by atoms with Gasteiger partial charge in [-0.1, -0.05) is 5.21 Å². The molecule has 1 aliphatic rings. The molecule has 1 aromatic heterocycles. The van der Waals surface area contributed by atoms with Crippen LogP contribution >= 0.6 is 0 Å². The van der Waals surface area contributed by atoms with Crippen LogP contribution in [0.3, 0.4) is 0 Å². The zero-order valence-corrected chi connectivity index (χ0v) is 11.0. The topological polar surface area (TPSA) is 75.2 Å². The second-order valence-electron chi connectivity index (χ2n) is 4.58. The van der Waals surface area contributed by atoms with Gasteiger partial charge in [0.05, 0.1) is 30.6 Å². The maximum atomic E-state index is 5.64. The van der Waals surface area contributed by atoms with Gasteiger partial charge in [-0.05, 0) is 19.4 Å². The predicted molar refractivity (Wildman–Crippen MR) is 67.3 cm³/mol. The Morgan fingerprint density at radius 1 is 1.50 bits per heavy atom. The van der Waals surface area contributed by atoms with Gasteiger partial charge in [-0.2, -0.15) is 0 Å². The van der Waals surface area contributed by atoms with E-state index in [-0.39, 0.29) is 6.10 Å². The van der Waals surface area contributed by atoms with Gasteiger partial charge in [-0.3, -0.25) is 0 Å². The molecule has 1 atom stereocenters. The molecular weight excluding hydrogens is 232 g/mol. The monoisotopic (exact) mass is 254 g/mol. The molecule has 6 nitrogen and oxygen atoms in total. The van der Waals surface area contributed by atoms with Crippen molar-refractivity contribution in [3.63, 3.8) is 0 Å². The number of nitrogens with two attached hydrogens (primary N) is 1. The minimum absolute atomic E-state index is 0.277.